The Morgan fingerprint density at radius 2 is 1.89 bits per heavy atom. The highest BCUT2D eigenvalue weighted by atomic mass is 35.5. The number of hydrogen-bond acceptors (Lipinski definition) is 6. The van der Waals surface area contributed by atoms with Crippen LogP contribution in [0, 0.1) is 0 Å². The van der Waals surface area contributed by atoms with E-state index in [9.17, 15) is 19.5 Å². The smallest absolute Gasteiger partial charge is 0.335 e. The molecule has 1 aromatic heterocycles. The zero-order chi connectivity index (χ0) is 26.6. The second-order valence-electron chi connectivity index (χ2n) is 8.82. The molecule has 38 heavy (non-hydrogen) atoms. The molecule has 0 spiro atoms. The molecule has 10 heteroatoms. The number of carbonyl (C=O) groups excluding carboxylic acids is 2. The number of tetrazole rings is 1. The number of nitrogens with zero attached hydrogens (tertiary/aromatic N) is 5. The largest absolute Gasteiger partial charge is 0.478 e. The van der Waals surface area contributed by atoms with Crippen LogP contribution in [0.25, 0.3) is 11.8 Å². The van der Waals surface area contributed by atoms with E-state index in [4.69, 9.17) is 11.6 Å². The van der Waals surface area contributed by atoms with E-state index in [0.29, 0.717) is 34.8 Å². The Bertz CT molecular complexity index is 1550. The highest BCUT2D eigenvalue weighted by molar-refractivity contribution is 6.30. The van der Waals surface area contributed by atoms with Crippen LogP contribution in [0.2, 0.25) is 5.02 Å². The average molecular weight is 528 g/mol. The van der Waals surface area contributed by atoms with Crippen LogP contribution in [-0.2, 0) is 22.4 Å². The monoisotopic (exact) mass is 527 g/mol. The molecule has 0 saturated heterocycles. The third-order valence-electron chi connectivity index (χ3n) is 6.41. The van der Waals surface area contributed by atoms with Gasteiger partial charge in [0.05, 0.1) is 11.3 Å². The maximum Gasteiger partial charge on any atom is 0.335 e. The molecule has 0 saturated carbocycles. The first-order valence-electron chi connectivity index (χ1n) is 11.8. The van der Waals surface area contributed by atoms with Crippen LogP contribution in [0.15, 0.2) is 79.1 Å². The van der Waals surface area contributed by atoms with Crippen molar-refractivity contribution in [2.75, 3.05) is 6.54 Å². The summed E-state index contributed by atoms with van der Waals surface area (Å²) in [4.78, 5) is 40.1. The van der Waals surface area contributed by atoms with Gasteiger partial charge in [-0.1, -0.05) is 48.0 Å². The number of carboxylic acids is 1. The third kappa shape index (κ3) is 5.23. The lowest BCUT2D eigenvalue weighted by molar-refractivity contribution is -0.136. The lowest BCUT2D eigenvalue weighted by Gasteiger charge is -2.36. The first-order chi connectivity index (χ1) is 18.4. The number of carboxylic acid groups (broad SMARTS) is 1. The second-order valence-corrected chi connectivity index (χ2v) is 9.26. The fourth-order valence-electron chi connectivity index (χ4n) is 4.66. The molecule has 1 atom stereocenters. The van der Waals surface area contributed by atoms with Gasteiger partial charge in [-0.05, 0) is 69.9 Å². The number of benzene rings is 3. The summed E-state index contributed by atoms with van der Waals surface area (Å²) in [6.07, 6.45) is 5.09. The molecule has 0 bridgehead atoms. The van der Waals surface area contributed by atoms with Gasteiger partial charge in [-0.2, -0.15) is 4.68 Å². The molecule has 1 amide bonds. The van der Waals surface area contributed by atoms with E-state index in [0.717, 1.165) is 11.1 Å². The van der Waals surface area contributed by atoms with Gasteiger partial charge in [0.2, 0.25) is 5.91 Å². The lowest BCUT2D eigenvalue weighted by Crippen LogP contribution is -2.43. The number of halogens is 1. The van der Waals surface area contributed by atoms with Crippen molar-refractivity contribution in [3.8, 4) is 5.69 Å². The fourth-order valence-corrected chi connectivity index (χ4v) is 4.84. The van der Waals surface area contributed by atoms with Gasteiger partial charge < -0.3 is 10.0 Å². The molecular weight excluding hydrogens is 506 g/mol. The Kier molecular flexibility index (Phi) is 7.10. The van der Waals surface area contributed by atoms with Crippen LogP contribution in [0.1, 0.15) is 38.7 Å². The van der Waals surface area contributed by atoms with Crippen LogP contribution in [0.4, 0.5) is 0 Å². The fraction of sp³-hybridized carbons (Fsp3) is 0.143. The minimum Gasteiger partial charge on any atom is -0.478 e. The quantitative estimate of drug-likeness (QED) is 0.361. The molecule has 3 aromatic carbocycles. The van der Waals surface area contributed by atoms with E-state index in [1.165, 1.54) is 29.2 Å². The molecular formula is C28H22ClN5O4. The number of hydrogen-bond donors (Lipinski definition) is 1. The van der Waals surface area contributed by atoms with Gasteiger partial charge in [0.25, 0.3) is 0 Å². The summed E-state index contributed by atoms with van der Waals surface area (Å²) in [5.41, 5.74) is 3.73. The summed E-state index contributed by atoms with van der Waals surface area (Å²) >= 11 is 6.20. The molecule has 9 nitrogen and oxygen atoms in total. The number of aromatic carboxylic acids is 1. The van der Waals surface area contributed by atoms with Crippen LogP contribution in [0.5, 0.6) is 0 Å². The molecule has 5 rings (SSSR count). The van der Waals surface area contributed by atoms with Gasteiger partial charge in [-0.25, -0.2) is 4.79 Å². The predicted octanol–water partition coefficient (Wildman–Crippen LogP) is 3.96. The maximum atomic E-state index is 13.6. The molecule has 1 aliphatic rings. The lowest BCUT2D eigenvalue weighted by atomic mass is 9.88. The third-order valence-corrected chi connectivity index (χ3v) is 6.65. The van der Waals surface area contributed by atoms with Crippen molar-refractivity contribution in [3.63, 3.8) is 0 Å². The normalized spacial score (nSPS) is 14.9. The minimum atomic E-state index is -1.06. The summed E-state index contributed by atoms with van der Waals surface area (Å²) in [6, 6.07) is 18.2. The zero-order valence-electron chi connectivity index (χ0n) is 20.1. The van der Waals surface area contributed by atoms with Crippen LogP contribution < -0.4 is 0 Å². The van der Waals surface area contributed by atoms with E-state index in [1.807, 2.05) is 24.3 Å². The number of aromatic nitrogens is 4. The number of rotatable bonds is 7. The van der Waals surface area contributed by atoms with Gasteiger partial charge in [0.1, 0.15) is 12.4 Å². The first kappa shape index (κ1) is 25.0. The molecule has 4 aromatic rings. The van der Waals surface area contributed by atoms with Crippen molar-refractivity contribution >= 4 is 35.3 Å². The topological polar surface area (TPSA) is 118 Å². The predicted molar refractivity (Wildman–Crippen MR) is 140 cm³/mol. The Labute approximate surface area is 223 Å². The zero-order valence-corrected chi connectivity index (χ0v) is 20.8. The Balaban J connectivity index is 1.45. The van der Waals surface area contributed by atoms with Gasteiger partial charge >= 0.3 is 5.97 Å². The molecule has 1 N–H and O–H groups in total. The van der Waals surface area contributed by atoms with Gasteiger partial charge in [-0.15, -0.1) is 5.10 Å². The molecule has 0 unspecified atom stereocenters. The Hall–Kier alpha value is -4.63. The standard InChI is InChI=1S/C28H22ClN5O4/c29-22-9-10-24(34-17-30-31-32-34)20(16-22)8-11-26(36)33-13-12-19-5-1-2-7-23(19)27(33)25(35)15-18-4-3-6-21(14-18)28(37)38/h1-11,14,16-17,27H,12-13,15H2,(H,37,38)/b11-8+/t27-/m0/s1. The minimum absolute atomic E-state index is 0.00858. The summed E-state index contributed by atoms with van der Waals surface area (Å²) < 4.78 is 1.47. The SMILES string of the molecule is O=C(O)c1cccc(CC(=O)[C@@H]2c3ccccc3CCN2C(=O)/C=C/c2cc(Cl)ccc2-n2cnnn2)c1. The average Bonchev–Trinajstić information content (AvgIpc) is 3.46. The van der Waals surface area contributed by atoms with E-state index < -0.39 is 12.0 Å². The van der Waals surface area contributed by atoms with Crippen LogP contribution in [-0.4, -0.2) is 54.4 Å². The highest BCUT2D eigenvalue weighted by Crippen LogP contribution is 2.32. The summed E-state index contributed by atoms with van der Waals surface area (Å²) in [5.74, 6) is -1.59. The first-order valence-corrected chi connectivity index (χ1v) is 12.2. The van der Waals surface area contributed by atoms with Gasteiger partial charge in [0, 0.05) is 29.6 Å². The van der Waals surface area contributed by atoms with Crippen molar-refractivity contribution in [2.45, 2.75) is 18.9 Å². The molecule has 2 heterocycles. The summed E-state index contributed by atoms with van der Waals surface area (Å²) in [5, 5.41) is 21.0. The van der Waals surface area contributed by atoms with Crippen molar-refractivity contribution in [3.05, 3.63) is 112 Å². The van der Waals surface area contributed by atoms with Gasteiger partial charge in [-0.3, -0.25) is 9.59 Å². The number of Topliss-reactive ketones (excluding diaryl/α,β-unsaturated/α-hetero) is 1. The van der Waals surface area contributed by atoms with Crippen molar-refractivity contribution in [2.24, 2.45) is 0 Å². The van der Waals surface area contributed by atoms with E-state index >= 15 is 0 Å². The molecule has 190 valence electrons. The Morgan fingerprint density at radius 3 is 2.68 bits per heavy atom. The molecule has 0 radical (unpaired) electrons. The van der Waals surface area contributed by atoms with E-state index in [1.54, 1.807) is 41.3 Å². The molecule has 0 fully saturated rings. The summed E-state index contributed by atoms with van der Waals surface area (Å²) in [7, 11) is 0. The number of amides is 1. The molecule has 0 aliphatic carbocycles. The summed E-state index contributed by atoms with van der Waals surface area (Å²) in [6.45, 7) is 0.362. The second kappa shape index (κ2) is 10.8. The van der Waals surface area contributed by atoms with Gasteiger partial charge in [0.15, 0.2) is 5.78 Å². The number of carbonyl (C=O) groups is 3. The van der Waals surface area contributed by atoms with Crippen molar-refractivity contribution in [1.82, 2.24) is 25.1 Å². The molecule has 1 aliphatic heterocycles. The van der Waals surface area contributed by atoms with Crippen LogP contribution >= 0.6 is 11.6 Å². The highest BCUT2D eigenvalue weighted by Gasteiger charge is 2.34. The number of ketones is 1. The van der Waals surface area contributed by atoms with Crippen LogP contribution in [0.3, 0.4) is 0 Å². The van der Waals surface area contributed by atoms with Crippen molar-refractivity contribution in [1.29, 1.82) is 0 Å². The Morgan fingerprint density at radius 1 is 1.05 bits per heavy atom. The van der Waals surface area contributed by atoms with E-state index in [-0.39, 0.29) is 23.7 Å². The maximum absolute atomic E-state index is 13.6. The van der Waals surface area contributed by atoms with Crippen molar-refractivity contribution < 1.29 is 19.5 Å². The van der Waals surface area contributed by atoms with E-state index in [2.05, 4.69) is 15.5 Å². The number of fused-ring (bicyclic) bond motifs is 1.